The van der Waals surface area contributed by atoms with E-state index in [9.17, 15) is 13.2 Å². The van der Waals surface area contributed by atoms with Gasteiger partial charge >= 0.3 is 5.97 Å². The standard InChI is InChI=1S/C10H11NO5S/c1-2-3-4-7-11-17(14,15)9-6-5-8(16-9)10(12)13/h5-6,11H,4,7H2,1H3,(H,12,13). The van der Waals surface area contributed by atoms with Crippen LogP contribution >= 0.6 is 0 Å². The molecule has 1 aromatic heterocycles. The Kier molecular flexibility index (Phi) is 4.31. The van der Waals surface area contributed by atoms with E-state index < -0.39 is 26.8 Å². The summed E-state index contributed by atoms with van der Waals surface area (Å²) in [4.78, 5) is 10.5. The summed E-state index contributed by atoms with van der Waals surface area (Å²) >= 11 is 0. The molecule has 0 aliphatic rings. The SMILES string of the molecule is CC#CCCNS(=O)(=O)c1ccc(C(=O)O)o1. The number of nitrogens with one attached hydrogen (secondary N) is 1. The lowest BCUT2D eigenvalue weighted by Crippen LogP contribution is -2.24. The number of carbonyl (C=O) groups is 1. The molecule has 1 rings (SSSR count). The van der Waals surface area contributed by atoms with Crippen LogP contribution in [0.2, 0.25) is 0 Å². The minimum Gasteiger partial charge on any atom is -0.475 e. The molecule has 0 saturated carbocycles. The molecule has 0 radical (unpaired) electrons. The predicted octanol–water partition coefficient (Wildman–Crippen LogP) is 0.670. The van der Waals surface area contributed by atoms with Crippen molar-refractivity contribution in [3.63, 3.8) is 0 Å². The Bertz CT molecular complexity index is 561. The zero-order valence-corrected chi connectivity index (χ0v) is 9.87. The minimum atomic E-state index is -3.80. The lowest BCUT2D eigenvalue weighted by atomic mass is 10.4. The van der Waals surface area contributed by atoms with Crippen molar-refractivity contribution >= 4 is 16.0 Å². The Morgan fingerprint density at radius 2 is 2.24 bits per heavy atom. The van der Waals surface area contributed by atoms with Gasteiger partial charge in [0.2, 0.25) is 10.9 Å². The summed E-state index contributed by atoms with van der Waals surface area (Å²) in [7, 11) is -3.80. The van der Waals surface area contributed by atoms with E-state index in [0.717, 1.165) is 12.1 Å². The van der Waals surface area contributed by atoms with Crippen LogP contribution in [0.4, 0.5) is 0 Å². The average Bonchev–Trinajstić information content (AvgIpc) is 2.74. The zero-order chi connectivity index (χ0) is 12.9. The zero-order valence-electron chi connectivity index (χ0n) is 9.06. The van der Waals surface area contributed by atoms with Gasteiger partial charge in [-0.1, -0.05) is 0 Å². The molecule has 1 aromatic rings. The van der Waals surface area contributed by atoms with Crippen molar-refractivity contribution in [2.45, 2.75) is 18.4 Å². The molecule has 0 unspecified atom stereocenters. The summed E-state index contributed by atoms with van der Waals surface area (Å²) in [6.07, 6.45) is 0.377. The molecule has 6 nitrogen and oxygen atoms in total. The fraction of sp³-hybridized carbons (Fsp3) is 0.300. The molecule has 0 aliphatic heterocycles. The molecule has 0 bridgehead atoms. The van der Waals surface area contributed by atoms with Gasteiger partial charge in [-0.15, -0.1) is 11.8 Å². The van der Waals surface area contributed by atoms with Gasteiger partial charge in [0, 0.05) is 13.0 Å². The Morgan fingerprint density at radius 1 is 1.53 bits per heavy atom. The highest BCUT2D eigenvalue weighted by Gasteiger charge is 2.20. The number of aromatic carboxylic acids is 1. The second kappa shape index (κ2) is 5.52. The molecular formula is C10H11NO5S. The Hall–Kier alpha value is -1.78. The molecule has 7 heteroatoms. The Balaban J connectivity index is 2.74. The Morgan fingerprint density at radius 3 is 2.76 bits per heavy atom. The molecule has 0 amide bonds. The molecule has 0 aromatic carbocycles. The van der Waals surface area contributed by atoms with Gasteiger partial charge in [-0.2, -0.15) is 0 Å². The summed E-state index contributed by atoms with van der Waals surface area (Å²) in [5.41, 5.74) is 0. The van der Waals surface area contributed by atoms with Gasteiger partial charge in [0.1, 0.15) is 0 Å². The number of furan rings is 1. The minimum absolute atomic E-state index is 0.145. The molecule has 0 spiro atoms. The van der Waals surface area contributed by atoms with Crippen LogP contribution in [0.1, 0.15) is 23.9 Å². The molecular weight excluding hydrogens is 246 g/mol. The van der Waals surface area contributed by atoms with Crippen LogP contribution in [0.3, 0.4) is 0 Å². The lowest BCUT2D eigenvalue weighted by Gasteiger charge is -2.00. The number of rotatable bonds is 5. The van der Waals surface area contributed by atoms with Crippen molar-refractivity contribution < 1.29 is 22.7 Å². The van der Waals surface area contributed by atoms with E-state index in [1.54, 1.807) is 6.92 Å². The van der Waals surface area contributed by atoms with Gasteiger partial charge in [0.25, 0.3) is 10.0 Å². The van der Waals surface area contributed by atoms with E-state index in [4.69, 9.17) is 5.11 Å². The molecule has 0 saturated heterocycles. The first-order valence-corrected chi connectivity index (χ1v) is 6.18. The lowest BCUT2D eigenvalue weighted by molar-refractivity contribution is 0.0656. The van der Waals surface area contributed by atoms with E-state index in [1.165, 1.54) is 0 Å². The maximum Gasteiger partial charge on any atom is 0.371 e. The van der Waals surface area contributed by atoms with Crippen LogP contribution < -0.4 is 4.72 Å². The topological polar surface area (TPSA) is 96.6 Å². The van der Waals surface area contributed by atoms with Crippen molar-refractivity contribution in [3.8, 4) is 11.8 Å². The van der Waals surface area contributed by atoms with Gasteiger partial charge in [-0.3, -0.25) is 0 Å². The highest BCUT2D eigenvalue weighted by Crippen LogP contribution is 2.13. The van der Waals surface area contributed by atoms with Crippen LogP contribution in [0.25, 0.3) is 0 Å². The number of carboxylic acids is 1. The number of hydrogen-bond donors (Lipinski definition) is 2. The quantitative estimate of drug-likeness (QED) is 0.597. The third kappa shape index (κ3) is 3.62. The molecule has 2 N–H and O–H groups in total. The smallest absolute Gasteiger partial charge is 0.371 e. The molecule has 92 valence electrons. The Labute approximate surface area is 98.7 Å². The van der Waals surface area contributed by atoms with Crippen LogP contribution in [0, 0.1) is 11.8 Å². The number of sulfonamides is 1. The maximum absolute atomic E-state index is 11.6. The third-order valence-electron chi connectivity index (χ3n) is 1.78. The van der Waals surface area contributed by atoms with Crippen LogP contribution in [-0.4, -0.2) is 26.0 Å². The monoisotopic (exact) mass is 257 g/mol. The van der Waals surface area contributed by atoms with E-state index in [0.29, 0.717) is 6.42 Å². The predicted molar refractivity (Wildman–Crippen MR) is 58.9 cm³/mol. The first-order chi connectivity index (χ1) is 7.97. The van der Waals surface area contributed by atoms with Gasteiger partial charge < -0.3 is 9.52 Å². The highest BCUT2D eigenvalue weighted by atomic mass is 32.2. The molecule has 0 atom stereocenters. The van der Waals surface area contributed by atoms with Crippen molar-refractivity contribution in [1.82, 2.24) is 4.72 Å². The van der Waals surface area contributed by atoms with E-state index in [-0.39, 0.29) is 6.54 Å². The fourth-order valence-electron chi connectivity index (χ4n) is 1.02. The van der Waals surface area contributed by atoms with Crippen molar-refractivity contribution in [2.75, 3.05) is 6.54 Å². The first kappa shape index (κ1) is 13.3. The second-order valence-electron chi connectivity index (χ2n) is 3.00. The second-order valence-corrected chi connectivity index (χ2v) is 4.70. The third-order valence-corrected chi connectivity index (χ3v) is 3.11. The molecule has 0 fully saturated rings. The first-order valence-electron chi connectivity index (χ1n) is 4.70. The van der Waals surface area contributed by atoms with Gasteiger partial charge in [-0.25, -0.2) is 17.9 Å². The van der Waals surface area contributed by atoms with Crippen molar-refractivity contribution in [2.24, 2.45) is 0 Å². The normalized spacial score (nSPS) is 10.6. The van der Waals surface area contributed by atoms with E-state index >= 15 is 0 Å². The summed E-state index contributed by atoms with van der Waals surface area (Å²) in [6.45, 7) is 1.80. The summed E-state index contributed by atoms with van der Waals surface area (Å²) < 4.78 is 30.1. The maximum atomic E-state index is 11.6. The van der Waals surface area contributed by atoms with Crippen LogP contribution in [0.15, 0.2) is 21.6 Å². The summed E-state index contributed by atoms with van der Waals surface area (Å²) in [5, 5.41) is 8.17. The molecule has 1 heterocycles. The van der Waals surface area contributed by atoms with Crippen molar-refractivity contribution in [1.29, 1.82) is 0 Å². The van der Waals surface area contributed by atoms with E-state index in [2.05, 4.69) is 21.0 Å². The van der Waals surface area contributed by atoms with Gasteiger partial charge in [0.15, 0.2) is 0 Å². The van der Waals surface area contributed by atoms with Gasteiger partial charge in [0.05, 0.1) is 0 Å². The molecule has 17 heavy (non-hydrogen) atoms. The fourth-order valence-corrected chi connectivity index (χ4v) is 1.98. The van der Waals surface area contributed by atoms with Crippen LogP contribution in [-0.2, 0) is 10.0 Å². The van der Waals surface area contributed by atoms with Gasteiger partial charge in [-0.05, 0) is 19.1 Å². The molecule has 0 aliphatic carbocycles. The summed E-state index contributed by atoms with van der Waals surface area (Å²) in [6, 6.07) is 2.18. The number of carboxylic acid groups (broad SMARTS) is 1. The summed E-state index contributed by atoms with van der Waals surface area (Å²) in [5.74, 6) is 3.59. The number of hydrogen-bond acceptors (Lipinski definition) is 4. The highest BCUT2D eigenvalue weighted by molar-refractivity contribution is 7.89. The van der Waals surface area contributed by atoms with Crippen molar-refractivity contribution in [3.05, 3.63) is 17.9 Å². The van der Waals surface area contributed by atoms with E-state index in [1.807, 2.05) is 0 Å². The average molecular weight is 257 g/mol. The largest absolute Gasteiger partial charge is 0.475 e. The van der Waals surface area contributed by atoms with Crippen LogP contribution in [0.5, 0.6) is 0 Å².